The molecule has 1 fully saturated rings. The third-order valence-corrected chi connectivity index (χ3v) is 3.72. The highest BCUT2D eigenvalue weighted by Gasteiger charge is 2.27. The molecule has 0 bridgehead atoms. The van der Waals surface area contributed by atoms with Crippen molar-refractivity contribution in [3.63, 3.8) is 0 Å². The topological polar surface area (TPSA) is 93.5 Å². The largest absolute Gasteiger partial charge is 0.494 e. The highest BCUT2D eigenvalue weighted by molar-refractivity contribution is 5.94. The predicted octanol–water partition coefficient (Wildman–Crippen LogP) is 1.27. The number of carbonyl (C=O) groups excluding carboxylic acids is 2. The summed E-state index contributed by atoms with van der Waals surface area (Å²) < 4.78 is 5.33. The average molecular weight is 305 g/mol. The molecule has 1 saturated carbocycles. The highest BCUT2D eigenvalue weighted by atomic mass is 16.5. The summed E-state index contributed by atoms with van der Waals surface area (Å²) in [6, 6.07) is 7.21. The SMILES string of the molecule is CCOc1ccc(NC(=O)CNC(=O)C2CCC(N)C2)cc1. The van der Waals surface area contributed by atoms with Gasteiger partial charge in [-0.2, -0.15) is 0 Å². The number of nitrogens with one attached hydrogen (secondary N) is 2. The van der Waals surface area contributed by atoms with Crippen LogP contribution in [0.15, 0.2) is 24.3 Å². The molecule has 0 aliphatic heterocycles. The molecule has 22 heavy (non-hydrogen) atoms. The fourth-order valence-electron chi connectivity index (χ4n) is 2.57. The second-order valence-electron chi connectivity index (χ2n) is 5.49. The Balaban J connectivity index is 1.74. The molecular formula is C16H23N3O3. The molecule has 4 N–H and O–H groups in total. The van der Waals surface area contributed by atoms with Crippen molar-refractivity contribution < 1.29 is 14.3 Å². The van der Waals surface area contributed by atoms with Crippen LogP contribution in [0.2, 0.25) is 0 Å². The zero-order chi connectivity index (χ0) is 15.9. The molecule has 120 valence electrons. The molecule has 2 atom stereocenters. The first-order valence-corrected chi connectivity index (χ1v) is 7.64. The van der Waals surface area contributed by atoms with Gasteiger partial charge in [0, 0.05) is 17.6 Å². The molecule has 0 aromatic heterocycles. The van der Waals surface area contributed by atoms with Crippen LogP contribution < -0.4 is 21.1 Å². The predicted molar refractivity (Wildman–Crippen MR) is 84.6 cm³/mol. The molecule has 1 aromatic carbocycles. The van der Waals surface area contributed by atoms with E-state index >= 15 is 0 Å². The van der Waals surface area contributed by atoms with Crippen LogP contribution in [0.25, 0.3) is 0 Å². The van der Waals surface area contributed by atoms with Gasteiger partial charge in [-0.1, -0.05) is 0 Å². The Morgan fingerprint density at radius 2 is 2.00 bits per heavy atom. The maximum Gasteiger partial charge on any atom is 0.243 e. The summed E-state index contributed by atoms with van der Waals surface area (Å²) in [5, 5.41) is 5.40. The van der Waals surface area contributed by atoms with Gasteiger partial charge in [0.1, 0.15) is 5.75 Å². The standard InChI is InChI=1S/C16H23N3O3/c1-2-22-14-7-5-13(6-8-14)19-15(20)10-18-16(21)11-3-4-12(17)9-11/h5-8,11-12H,2-4,9-10,17H2,1H3,(H,18,21)(H,19,20). The number of hydrogen-bond donors (Lipinski definition) is 3. The van der Waals surface area contributed by atoms with E-state index in [2.05, 4.69) is 10.6 Å². The molecule has 6 nitrogen and oxygen atoms in total. The van der Waals surface area contributed by atoms with Crippen molar-refractivity contribution in [2.75, 3.05) is 18.5 Å². The molecule has 1 aromatic rings. The number of carbonyl (C=O) groups is 2. The first-order chi connectivity index (χ1) is 10.6. The van der Waals surface area contributed by atoms with Gasteiger partial charge in [0.2, 0.25) is 11.8 Å². The minimum atomic E-state index is -0.250. The van der Waals surface area contributed by atoms with Crippen LogP contribution in [0, 0.1) is 5.92 Å². The van der Waals surface area contributed by atoms with E-state index in [1.165, 1.54) is 0 Å². The molecule has 2 amide bonds. The summed E-state index contributed by atoms with van der Waals surface area (Å²) in [5.74, 6) is 0.356. The minimum Gasteiger partial charge on any atom is -0.494 e. The van der Waals surface area contributed by atoms with Gasteiger partial charge in [0.15, 0.2) is 0 Å². The van der Waals surface area contributed by atoms with Gasteiger partial charge in [-0.05, 0) is 50.5 Å². The monoisotopic (exact) mass is 305 g/mol. The number of hydrogen-bond acceptors (Lipinski definition) is 4. The van der Waals surface area contributed by atoms with Crippen molar-refractivity contribution in [3.05, 3.63) is 24.3 Å². The van der Waals surface area contributed by atoms with Crippen molar-refractivity contribution >= 4 is 17.5 Å². The number of rotatable bonds is 6. The molecular weight excluding hydrogens is 282 g/mol. The van der Waals surface area contributed by atoms with Gasteiger partial charge in [-0.25, -0.2) is 0 Å². The minimum absolute atomic E-state index is 0.0300. The summed E-state index contributed by atoms with van der Waals surface area (Å²) >= 11 is 0. The van der Waals surface area contributed by atoms with E-state index in [0.29, 0.717) is 18.7 Å². The number of ether oxygens (including phenoxy) is 1. The third kappa shape index (κ3) is 4.73. The second kappa shape index (κ2) is 7.79. The molecule has 6 heteroatoms. The van der Waals surface area contributed by atoms with Crippen LogP contribution in [0.5, 0.6) is 5.75 Å². The van der Waals surface area contributed by atoms with Crippen molar-refractivity contribution in [1.82, 2.24) is 5.32 Å². The van der Waals surface area contributed by atoms with E-state index in [0.717, 1.165) is 18.6 Å². The number of amides is 2. The Hall–Kier alpha value is -2.08. The van der Waals surface area contributed by atoms with Crippen LogP contribution >= 0.6 is 0 Å². The lowest BCUT2D eigenvalue weighted by Gasteiger charge is -2.11. The maximum atomic E-state index is 11.9. The second-order valence-corrected chi connectivity index (χ2v) is 5.49. The normalized spacial score (nSPS) is 20.5. The van der Waals surface area contributed by atoms with E-state index in [9.17, 15) is 9.59 Å². The van der Waals surface area contributed by atoms with Gasteiger partial charge in [-0.15, -0.1) is 0 Å². The molecule has 0 radical (unpaired) electrons. The third-order valence-electron chi connectivity index (χ3n) is 3.72. The molecule has 1 aliphatic rings. The summed E-state index contributed by atoms with van der Waals surface area (Å²) in [4.78, 5) is 23.7. The fourth-order valence-corrected chi connectivity index (χ4v) is 2.57. The van der Waals surface area contributed by atoms with Crippen LogP contribution in [-0.4, -0.2) is 31.0 Å². The van der Waals surface area contributed by atoms with Gasteiger partial charge in [0.05, 0.1) is 13.2 Å². The summed E-state index contributed by atoms with van der Waals surface area (Å²) in [5.41, 5.74) is 6.46. The Morgan fingerprint density at radius 1 is 1.27 bits per heavy atom. The van der Waals surface area contributed by atoms with Crippen LogP contribution in [-0.2, 0) is 9.59 Å². The molecule has 2 rings (SSSR count). The first kappa shape index (κ1) is 16.3. The average Bonchev–Trinajstić information content (AvgIpc) is 2.94. The van der Waals surface area contributed by atoms with E-state index < -0.39 is 0 Å². The molecule has 2 unspecified atom stereocenters. The number of anilines is 1. The molecule has 1 aliphatic carbocycles. The lowest BCUT2D eigenvalue weighted by Crippen LogP contribution is -2.36. The Bertz CT molecular complexity index is 516. The summed E-state index contributed by atoms with van der Waals surface area (Å²) in [7, 11) is 0. The van der Waals surface area contributed by atoms with Crippen LogP contribution in [0.4, 0.5) is 5.69 Å². The van der Waals surface area contributed by atoms with E-state index in [4.69, 9.17) is 10.5 Å². The van der Waals surface area contributed by atoms with Gasteiger partial charge < -0.3 is 21.1 Å². The van der Waals surface area contributed by atoms with Crippen molar-refractivity contribution in [3.8, 4) is 5.75 Å². The quantitative estimate of drug-likeness (QED) is 0.738. The molecule has 0 saturated heterocycles. The number of benzene rings is 1. The smallest absolute Gasteiger partial charge is 0.243 e. The highest BCUT2D eigenvalue weighted by Crippen LogP contribution is 2.23. The van der Waals surface area contributed by atoms with Crippen LogP contribution in [0.3, 0.4) is 0 Å². The molecule has 0 spiro atoms. The molecule has 0 heterocycles. The van der Waals surface area contributed by atoms with E-state index in [1.807, 2.05) is 6.92 Å². The van der Waals surface area contributed by atoms with Crippen molar-refractivity contribution in [2.45, 2.75) is 32.2 Å². The Kier molecular flexibility index (Phi) is 5.77. The van der Waals surface area contributed by atoms with E-state index in [1.54, 1.807) is 24.3 Å². The fraction of sp³-hybridized carbons (Fsp3) is 0.500. The summed E-state index contributed by atoms with van der Waals surface area (Å²) in [6.07, 6.45) is 2.37. The van der Waals surface area contributed by atoms with Gasteiger partial charge in [0.25, 0.3) is 0 Å². The lowest BCUT2D eigenvalue weighted by atomic mass is 10.1. The van der Waals surface area contributed by atoms with Crippen molar-refractivity contribution in [1.29, 1.82) is 0 Å². The zero-order valence-corrected chi connectivity index (χ0v) is 12.8. The maximum absolute atomic E-state index is 11.9. The van der Waals surface area contributed by atoms with Gasteiger partial charge >= 0.3 is 0 Å². The zero-order valence-electron chi connectivity index (χ0n) is 12.8. The lowest BCUT2D eigenvalue weighted by molar-refractivity contribution is -0.127. The Labute approximate surface area is 130 Å². The van der Waals surface area contributed by atoms with E-state index in [-0.39, 0.29) is 30.3 Å². The summed E-state index contributed by atoms with van der Waals surface area (Å²) in [6.45, 7) is 2.48. The van der Waals surface area contributed by atoms with Crippen molar-refractivity contribution in [2.24, 2.45) is 11.7 Å². The van der Waals surface area contributed by atoms with Gasteiger partial charge in [-0.3, -0.25) is 9.59 Å². The number of nitrogens with two attached hydrogens (primary N) is 1. The van der Waals surface area contributed by atoms with Crippen LogP contribution in [0.1, 0.15) is 26.2 Å². The Morgan fingerprint density at radius 3 is 2.59 bits per heavy atom. The first-order valence-electron chi connectivity index (χ1n) is 7.64.